The lowest BCUT2D eigenvalue weighted by molar-refractivity contribution is 0.100. The van der Waals surface area contributed by atoms with Crippen LogP contribution in [0.4, 0.5) is 11.4 Å². The number of carbonyl (C=O) groups excluding carboxylic acids is 1. The summed E-state index contributed by atoms with van der Waals surface area (Å²) in [5.74, 6) is -0.496. The van der Waals surface area contributed by atoms with E-state index in [1.165, 1.54) is 0 Å². The number of rotatable bonds is 5. The fourth-order valence-corrected chi connectivity index (χ4v) is 1.86. The van der Waals surface area contributed by atoms with Crippen molar-refractivity contribution in [2.75, 3.05) is 17.6 Å². The van der Waals surface area contributed by atoms with Crippen LogP contribution >= 0.6 is 0 Å². The summed E-state index contributed by atoms with van der Waals surface area (Å²) in [6.45, 7) is 3.27. The lowest BCUT2D eigenvalue weighted by Crippen LogP contribution is -2.18. The number of hydrogen-bond acceptors (Lipinski definition) is 4. The van der Waals surface area contributed by atoms with E-state index >= 15 is 0 Å². The Morgan fingerprint density at radius 3 is 2.89 bits per heavy atom. The van der Waals surface area contributed by atoms with Gasteiger partial charge in [0.1, 0.15) is 0 Å². The highest BCUT2D eigenvalue weighted by molar-refractivity contribution is 6.01. The van der Waals surface area contributed by atoms with Crippen LogP contribution in [0.15, 0.2) is 30.6 Å². The first-order valence-corrected chi connectivity index (χ1v) is 5.99. The summed E-state index contributed by atoms with van der Waals surface area (Å²) in [7, 11) is 0. The number of nitrogens with two attached hydrogens (primary N) is 2. The number of primary amides is 1. The topological polar surface area (TPSA) is 99.0 Å². The first-order valence-electron chi connectivity index (χ1n) is 5.99. The van der Waals surface area contributed by atoms with E-state index in [1.54, 1.807) is 24.4 Å². The zero-order valence-corrected chi connectivity index (χ0v) is 10.8. The molecule has 2 rings (SSSR count). The van der Waals surface area contributed by atoms with Crippen molar-refractivity contribution in [3.63, 3.8) is 0 Å². The Kier molecular flexibility index (Phi) is 3.70. The molecule has 6 heteroatoms. The van der Waals surface area contributed by atoms with Gasteiger partial charge in [-0.25, -0.2) is 0 Å². The molecule has 0 atom stereocenters. The molecule has 0 saturated heterocycles. The molecule has 2 aromatic rings. The summed E-state index contributed by atoms with van der Waals surface area (Å²) < 4.78 is 1.82. The summed E-state index contributed by atoms with van der Waals surface area (Å²) in [4.78, 5) is 11.3. The quantitative estimate of drug-likeness (QED) is 0.697. The first kappa shape index (κ1) is 12.9. The van der Waals surface area contributed by atoms with Gasteiger partial charge in [0.2, 0.25) is 0 Å². The molecule has 1 heterocycles. The van der Waals surface area contributed by atoms with Crippen LogP contribution < -0.4 is 16.8 Å². The fourth-order valence-electron chi connectivity index (χ4n) is 1.86. The predicted octanol–water partition coefficient (Wildman–Crippen LogP) is 0.985. The van der Waals surface area contributed by atoms with Gasteiger partial charge in [-0.1, -0.05) is 6.07 Å². The van der Waals surface area contributed by atoms with E-state index in [9.17, 15) is 4.79 Å². The van der Waals surface area contributed by atoms with E-state index in [2.05, 4.69) is 10.4 Å². The Balaban J connectivity index is 2.05. The standard InChI is InChI=1S/C13H17N5O/c1-9-7-17-18(8-9)6-5-16-12-10(13(15)19)3-2-4-11(12)14/h2-4,7-8,16H,5-6,14H2,1H3,(H2,15,19). The van der Waals surface area contributed by atoms with Crippen molar-refractivity contribution < 1.29 is 4.79 Å². The SMILES string of the molecule is Cc1cnn(CCNc2c(N)cccc2C(N)=O)c1. The van der Waals surface area contributed by atoms with Gasteiger partial charge in [-0.05, 0) is 24.6 Å². The Morgan fingerprint density at radius 1 is 1.47 bits per heavy atom. The monoisotopic (exact) mass is 259 g/mol. The van der Waals surface area contributed by atoms with Crippen LogP contribution in [-0.4, -0.2) is 22.2 Å². The van der Waals surface area contributed by atoms with Crippen molar-refractivity contribution in [3.05, 3.63) is 41.7 Å². The molecule has 1 aromatic carbocycles. The lowest BCUT2D eigenvalue weighted by atomic mass is 10.1. The number of aromatic nitrogens is 2. The highest BCUT2D eigenvalue weighted by Crippen LogP contribution is 2.22. The van der Waals surface area contributed by atoms with Crippen molar-refractivity contribution in [2.45, 2.75) is 13.5 Å². The molecule has 100 valence electrons. The third-order valence-corrected chi connectivity index (χ3v) is 2.77. The molecule has 0 unspecified atom stereocenters. The molecular weight excluding hydrogens is 242 g/mol. The van der Waals surface area contributed by atoms with Gasteiger partial charge < -0.3 is 16.8 Å². The summed E-state index contributed by atoms with van der Waals surface area (Å²) >= 11 is 0. The van der Waals surface area contributed by atoms with Crippen molar-refractivity contribution in [3.8, 4) is 0 Å². The number of benzene rings is 1. The molecule has 19 heavy (non-hydrogen) atoms. The molecule has 5 N–H and O–H groups in total. The van der Waals surface area contributed by atoms with E-state index in [1.807, 2.05) is 17.8 Å². The Morgan fingerprint density at radius 2 is 2.26 bits per heavy atom. The van der Waals surface area contributed by atoms with E-state index in [-0.39, 0.29) is 0 Å². The van der Waals surface area contributed by atoms with Crippen LogP contribution in [0.5, 0.6) is 0 Å². The average molecular weight is 259 g/mol. The molecule has 1 aromatic heterocycles. The van der Waals surface area contributed by atoms with E-state index < -0.39 is 5.91 Å². The molecule has 6 nitrogen and oxygen atoms in total. The highest BCUT2D eigenvalue weighted by atomic mass is 16.1. The number of nitrogens with one attached hydrogen (secondary N) is 1. The van der Waals surface area contributed by atoms with Gasteiger partial charge in [-0.2, -0.15) is 5.10 Å². The molecule has 0 saturated carbocycles. The maximum Gasteiger partial charge on any atom is 0.250 e. The predicted molar refractivity (Wildman–Crippen MR) is 74.8 cm³/mol. The third-order valence-electron chi connectivity index (χ3n) is 2.77. The second-order valence-electron chi connectivity index (χ2n) is 4.34. The lowest BCUT2D eigenvalue weighted by Gasteiger charge is -2.12. The minimum absolute atomic E-state index is 0.400. The number of hydrogen-bond donors (Lipinski definition) is 3. The summed E-state index contributed by atoms with van der Waals surface area (Å²) in [6.07, 6.45) is 3.75. The van der Waals surface area contributed by atoms with Crippen LogP contribution in [-0.2, 0) is 6.54 Å². The molecule has 1 amide bonds. The van der Waals surface area contributed by atoms with Crippen molar-refractivity contribution in [1.82, 2.24) is 9.78 Å². The number of para-hydroxylation sites is 1. The molecule has 0 radical (unpaired) electrons. The Bertz CT molecular complexity index is 590. The third kappa shape index (κ3) is 3.04. The smallest absolute Gasteiger partial charge is 0.250 e. The van der Waals surface area contributed by atoms with Crippen molar-refractivity contribution in [1.29, 1.82) is 0 Å². The van der Waals surface area contributed by atoms with Crippen LogP contribution in [0, 0.1) is 6.92 Å². The average Bonchev–Trinajstić information content (AvgIpc) is 2.77. The van der Waals surface area contributed by atoms with Crippen molar-refractivity contribution in [2.24, 2.45) is 5.73 Å². The van der Waals surface area contributed by atoms with Gasteiger partial charge in [0.05, 0.1) is 29.7 Å². The van der Waals surface area contributed by atoms with Gasteiger partial charge >= 0.3 is 0 Å². The molecule has 0 aliphatic heterocycles. The number of nitrogens with zero attached hydrogens (tertiary/aromatic N) is 2. The van der Waals surface area contributed by atoms with Gasteiger partial charge in [0.15, 0.2) is 0 Å². The summed E-state index contributed by atoms with van der Waals surface area (Å²) in [6, 6.07) is 5.09. The molecule has 0 bridgehead atoms. The summed E-state index contributed by atoms with van der Waals surface area (Å²) in [5, 5.41) is 7.31. The fraction of sp³-hybridized carbons (Fsp3) is 0.231. The molecule has 0 fully saturated rings. The van der Waals surface area contributed by atoms with E-state index in [4.69, 9.17) is 11.5 Å². The molecular formula is C13H17N5O. The second-order valence-corrected chi connectivity index (χ2v) is 4.34. The number of amides is 1. The highest BCUT2D eigenvalue weighted by Gasteiger charge is 2.10. The Hall–Kier alpha value is -2.50. The first-order chi connectivity index (χ1) is 9.08. The van der Waals surface area contributed by atoms with E-state index in [0.29, 0.717) is 30.0 Å². The van der Waals surface area contributed by atoms with Crippen LogP contribution in [0.2, 0.25) is 0 Å². The maximum atomic E-state index is 11.3. The number of nitrogen functional groups attached to an aromatic ring is 1. The normalized spacial score (nSPS) is 10.4. The number of aryl methyl sites for hydroxylation is 1. The summed E-state index contributed by atoms with van der Waals surface area (Å²) in [5.41, 5.74) is 13.8. The van der Waals surface area contributed by atoms with Gasteiger partial charge in [-0.15, -0.1) is 0 Å². The van der Waals surface area contributed by atoms with Gasteiger partial charge in [-0.3, -0.25) is 9.48 Å². The van der Waals surface area contributed by atoms with Crippen LogP contribution in [0.25, 0.3) is 0 Å². The van der Waals surface area contributed by atoms with Crippen LogP contribution in [0.1, 0.15) is 15.9 Å². The zero-order valence-electron chi connectivity index (χ0n) is 10.8. The van der Waals surface area contributed by atoms with Gasteiger partial charge in [0.25, 0.3) is 5.91 Å². The minimum Gasteiger partial charge on any atom is -0.397 e. The van der Waals surface area contributed by atoms with Gasteiger partial charge in [0, 0.05) is 12.7 Å². The largest absolute Gasteiger partial charge is 0.397 e. The number of anilines is 2. The van der Waals surface area contributed by atoms with E-state index in [0.717, 1.165) is 5.56 Å². The Labute approximate surface area is 111 Å². The molecule has 0 aliphatic rings. The maximum absolute atomic E-state index is 11.3. The number of carbonyl (C=O) groups is 1. The molecule has 0 spiro atoms. The second kappa shape index (κ2) is 5.43. The molecule has 0 aliphatic carbocycles. The minimum atomic E-state index is -0.496. The van der Waals surface area contributed by atoms with Crippen LogP contribution in [0.3, 0.4) is 0 Å². The van der Waals surface area contributed by atoms with Crippen molar-refractivity contribution >= 4 is 17.3 Å². The zero-order chi connectivity index (χ0) is 13.8.